The largest absolute Gasteiger partial charge is 0.491 e. The first kappa shape index (κ1) is 14.5. The number of benzene rings is 1. The fourth-order valence-electron chi connectivity index (χ4n) is 1.32. The highest BCUT2D eigenvalue weighted by Crippen LogP contribution is 2.24. The monoisotopic (exact) mass is 250 g/mol. The summed E-state index contributed by atoms with van der Waals surface area (Å²) in [5.41, 5.74) is 0.713. The molecule has 1 unspecified atom stereocenters. The second-order valence-corrected chi connectivity index (χ2v) is 4.70. The molecule has 1 atom stereocenters. The summed E-state index contributed by atoms with van der Waals surface area (Å²) in [6, 6.07) is 7.25. The van der Waals surface area contributed by atoms with Crippen LogP contribution in [-0.2, 0) is 4.79 Å². The number of amides is 1. The quantitative estimate of drug-likeness (QED) is 0.814. The number of carbonyl (C=O) groups is 1. The van der Waals surface area contributed by atoms with Crippen molar-refractivity contribution in [2.75, 3.05) is 19.0 Å². The van der Waals surface area contributed by atoms with E-state index < -0.39 is 0 Å². The van der Waals surface area contributed by atoms with Crippen LogP contribution in [0, 0.1) is 5.92 Å². The molecule has 0 aromatic heterocycles. The highest BCUT2D eigenvalue weighted by molar-refractivity contribution is 5.95. The lowest BCUT2D eigenvalue weighted by molar-refractivity contribution is -0.117. The van der Waals surface area contributed by atoms with Gasteiger partial charge in [-0.1, -0.05) is 26.0 Å². The van der Waals surface area contributed by atoms with Gasteiger partial charge >= 0.3 is 0 Å². The molecule has 1 amide bonds. The number of hydrogen-bond donors (Lipinski definition) is 2. The molecule has 0 aliphatic heterocycles. The van der Waals surface area contributed by atoms with Crippen molar-refractivity contribution in [3.63, 3.8) is 0 Å². The normalized spacial score (nSPS) is 12.3. The molecule has 0 bridgehead atoms. The number of likely N-dealkylation sites (N-methyl/N-ethyl adjacent to an activating group) is 1. The highest BCUT2D eigenvalue weighted by Gasteiger charge is 2.12. The van der Waals surface area contributed by atoms with Gasteiger partial charge in [-0.05, 0) is 32.0 Å². The molecule has 0 saturated carbocycles. The smallest absolute Gasteiger partial charge is 0.241 e. The van der Waals surface area contributed by atoms with Crippen molar-refractivity contribution in [2.45, 2.75) is 26.8 Å². The Balaban J connectivity index is 2.72. The average molecular weight is 250 g/mol. The number of nitrogens with one attached hydrogen (secondary N) is 2. The SMILES string of the molecule is CNC(C)C(=O)Nc1ccccc1OCC(C)C. The molecule has 4 heteroatoms. The number of para-hydroxylation sites is 2. The number of carbonyl (C=O) groups excluding carboxylic acids is 1. The summed E-state index contributed by atoms with van der Waals surface area (Å²) in [5, 5.41) is 5.76. The van der Waals surface area contributed by atoms with Crippen LogP contribution in [0.4, 0.5) is 5.69 Å². The zero-order chi connectivity index (χ0) is 13.5. The molecule has 0 aliphatic carbocycles. The molecule has 0 spiro atoms. The van der Waals surface area contributed by atoms with Gasteiger partial charge < -0.3 is 15.4 Å². The van der Waals surface area contributed by atoms with Gasteiger partial charge in [0.25, 0.3) is 0 Å². The Bertz CT molecular complexity index is 391. The number of rotatable bonds is 6. The van der Waals surface area contributed by atoms with E-state index in [-0.39, 0.29) is 11.9 Å². The molecule has 0 fully saturated rings. The van der Waals surface area contributed by atoms with Crippen molar-refractivity contribution in [1.29, 1.82) is 0 Å². The van der Waals surface area contributed by atoms with Gasteiger partial charge in [-0.2, -0.15) is 0 Å². The fraction of sp³-hybridized carbons (Fsp3) is 0.500. The molecule has 0 heterocycles. The molecule has 4 nitrogen and oxygen atoms in total. The summed E-state index contributed by atoms with van der Waals surface area (Å²) in [7, 11) is 1.76. The Morgan fingerprint density at radius 2 is 1.94 bits per heavy atom. The lowest BCUT2D eigenvalue weighted by Crippen LogP contribution is -2.35. The van der Waals surface area contributed by atoms with E-state index in [0.29, 0.717) is 24.0 Å². The molecule has 1 rings (SSSR count). The standard InChI is InChI=1S/C14H22N2O2/c1-10(2)9-18-13-8-6-5-7-12(13)16-14(17)11(3)15-4/h5-8,10-11,15H,9H2,1-4H3,(H,16,17). The predicted molar refractivity (Wildman–Crippen MR) is 73.9 cm³/mol. The molecule has 1 aromatic rings. The van der Waals surface area contributed by atoms with Crippen molar-refractivity contribution in [1.82, 2.24) is 5.32 Å². The summed E-state index contributed by atoms with van der Waals surface area (Å²) >= 11 is 0. The summed E-state index contributed by atoms with van der Waals surface area (Å²) in [6.07, 6.45) is 0. The Morgan fingerprint density at radius 3 is 2.56 bits per heavy atom. The van der Waals surface area contributed by atoms with Gasteiger partial charge in [0.15, 0.2) is 0 Å². The van der Waals surface area contributed by atoms with Gasteiger partial charge in [-0.3, -0.25) is 4.79 Å². The van der Waals surface area contributed by atoms with Crippen molar-refractivity contribution in [3.8, 4) is 5.75 Å². The minimum atomic E-state index is -0.233. The number of anilines is 1. The van der Waals surface area contributed by atoms with E-state index >= 15 is 0 Å². The molecule has 0 saturated heterocycles. The maximum atomic E-state index is 11.8. The Morgan fingerprint density at radius 1 is 1.28 bits per heavy atom. The molecule has 18 heavy (non-hydrogen) atoms. The first-order chi connectivity index (χ1) is 8.54. The van der Waals surface area contributed by atoms with Gasteiger partial charge in [0.2, 0.25) is 5.91 Å². The third kappa shape index (κ3) is 4.37. The lowest BCUT2D eigenvalue weighted by Gasteiger charge is -2.15. The van der Waals surface area contributed by atoms with Crippen LogP contribution in [0.1, 0.15) is 20.8 Å². The maximum absolute atomic E-state index is 11.8. The van der Waals surface area contributed by atoms with Crippen molar-refractivity contribution < 1.29 is 9.53 Å². The van der Waals surface area contributed by atoms with E-state index in [2.05, 4.69) is 24.5 Å². The van der Waals surface area contributed by atoms with Crippen LogP contribution in [-0.4, -0.2) is 25.6 Å². The van der Waals surface area contributed by atoms with Crippen molar-refractivity contribution in [3.05, 3.63) is 24.3 Å². The van der Waals surface area contributed by atoms with Crippen molar-refractivity contribution >= 4 is 11.6 Å². The zero-order valence-corrected chi connectivity index (χ0v) is 11.5. The van der Waals surface area contributed by atoms with E-state index in [1.807, 2.05) is 31.2 Å². The first-order valence-electron chi connectivity index (χ1n) is 6.24. The van der Waals surface area contributed by atoms with E-state index in [0.717, 1.165) is 0 Å². The zero-order valence-electron chi connectivity index (χ0n) is 11.5. The Hall–Kier alpha value is -1.55. The van der Waals surface area contributed by atoms with Crippen LogP contribution in [0.2, 0.25) is 0 Å². The molecular formula is C14H22N2O2. The van der Waals surface area contributed by atoms with E-state index in [1.165, 1.54) is 0 Å². The summed E-state index contributed by atoms with van der Waals surface area (Å²) in [5.74, 6) is 1.09. The summed E-state index contributed by atoms with van der Waals surface area (Å²) in [6.45, 7) is 6.62. The molecule has 1 aromatic carbocycles. The Kier molecular flexibility index (Phi) is 5.65. The fourth-order valence-corrected chi connectivity index (χ4v) is 1.32. The van der Waals surface area contributed by atoms with Crippen LogP contribution in [0.3, 0.4) is 0 Å². The maximum Gasteiger partial charge on any atom is 0.241 e. The average Bonchev–Trinajstić information content (AvgIpc) is 2.36. The third-order valence-corrected chi connectivity index (χ3v) is 2.54. The van der Waals surface area contributed by atoms with Crippen LogP contribution >= 0.6 is 0 Å². The number of ether oxygens (including phenoxy) is 1. The molecule has 2 N–H and O–H groups in total. The van der Waals surface area contributed by atoms with Crippen LogP contribution in [0.25, 0.3) is 0 Å². The van der Waals surface area contributed by atoms with Gasteiger partial charge in [0.05, 0.1) is 18.3 Å². The molecule has 100 valence electrons. The third-order valence-electron chi connectivity index (χ3n) is 2.54. The predicted octanol–water partition coefficient (Wildman–Crippen LogP) is 2.27. The molecule has 0 aliphatic rings. The van der Waals surface area contributed by atoms with Crippen LogP contribution in [0.5, 0.6) is 5.75 Å². The van der Waals surface area contributed by atoms with Crippen LogP contribution in [0.15, 0.2) is 24.3 Å². The topological polar surface area (TPSA) is 50.4 Å². The van der Waals surface area contributed by atoms with Crippen molar-refractivity contribution in [2.24, 2.45) is 5.92 Å². The van der Waals surface area contributed by atoms with Crippen LogP contribution < -0.4 is 15.4 Å². The first-order valence-corrected chi connectivity index (χ1v) is 6.24. The molecule has 0 radical (unpaired) electrons. The van der Waals surface area contributed by atoms with E-state index in [9.17, 15) is 4.79 Å². The van der Waals surface area contributed by atoms with Gasteiger partial charge in [0, 0.05) is 0 Å². The second kappa shape index (κ2) is 7.01. The lowest BCUT2D eigenvalue weighted by atomic mass is 10.2. The summed E-state index contributed by atoms with van der Waals surface area (Å²) < 4.78 is 5.68. The van der Waals surface area contributed by atoms with E-state index in [1.54, 1.807) is 7.05 Å². The van der Waals surface area contributed by atoms with Gasteiger partial charge in [-0.25, -0.2) is 0 Å². The minimum absolute atomic E-state index is 0.0712. The second-order valence-electron chi connectivity index (χ2n) is 4.70. The van der Waals surface area contributed by atoms with Gasteiger partial charge in [-0.15, -0.1) is 0 Å². The minimum Gasteiger partial charge on any atom is -0.491 e. The highest BCUT2D eigenvalue weighted by atomic mass is 16.5. The number of hydrogen-bond acceptors (Lipinski definition) is 3. The molecular weight excluding hydrogens is 228 g/mol. The summed E-state index contributed by atoms with van der Waals surface area (Å²) in [4.78, 5) is 11.8. The van der Waals surface area contributed by atoms with E-state index in [4.69, 9.17) is 4.74 Å². The Labute approximate surface area is 109 Å². The van der Waals surface area contributed by atoms with Gasteiger partial charge in [0.1, 0.15) is 5.75 Å².